The minimum Gasteiger partial charge on any atom is -0.494 e. The van der Waals surface area contributed by atoms with Gasteiger partial charge >= 0.3 is 12.3 Å². The molecule has 40 heavy (non-hydrogen) atoms. The van der Waals surface area contributed by atoms with Crippen LogP contribution in [0, 0.1) is 6.92 Å². The quantitative estimate of drug-likeness (QED) is 0.198. The number of hydrogen-bond donors (Lipinski definition) is 1. The van der Waals surface area contributed by atoms with Gasteiger partial charge in [-0.25, -0.2) is 9.78 Å². The van der Waals surface area contributed by atoms with Crippen molar-refractivity contribution in [3.8, 4) is 45.6 Å². The highest BCUT2D eigenvalue weighted by Crippen LogP contribution is 2.35. The number of ether oxygens (including phenoxy) is 4. The maximum atomic E-state index is 12.6. The number of hydrogen-bond acceptors (Lipinski definition) is 7. The summed E-state index contributed by atoms with van der Waals surface area (Å²) in [6.07, 6.45) is -3.94. The molecule has 0 saturated heterocycles. The molecular weight excluding hydrogens is 531 g/mol. The fraction of sp³-hybridized carbons (Fsp3) is 0.241. The van der Waals surface area contributed by atoms with Gasteiger partial charge in [-0.2, -0.15) is 0 Å². The van der Waals surface area contributed by atoms with Crippen molar-refractivity contribution >= 4 is 5.97 Å². The van der Waals surface area contributed by atoms with E-state index in [1.165, 1.54) is 24.3 Å². The molecule has 0 saturated carbocycles. The maximum absolute atomic E-state index is 12.6. The third-order valence-corrected chi connectivity index (χ3v) is 5.48. The molecule has 0 radical (unpaired) electrons. The SMILES string of the molecule is CCCOc1ccc(-c2nc(COc3ccc(OCC(=O)O)c(C)c3)oc2-c2ccc(OC(F)(F)F)cc2)cc1. The topological polar surface area (TPSA) is 100 Å². The van der Waals surface area contributed by atoms with Gasteiger partial charge in [0.15, 0.2) is 19.0 Å². The Morgan fingerprint density at radius 2 is 1.55 bits per heavy atom. The Balaban J connectivity index is 1.58. The number of carbonyl (C=O) groups is 1. The molecule has 4 rings (SSSR count). The van der Waals surface area contributed by atoms with Gasteiger partial charge in [0.1, 0.15) is 28.7 Å². The van der Waals surface area contributed by atoms with Crippen molar-refractivity contribution in [3.05, 3.63) is 78.2 Å². The molecule has 1 N–H and O–H groups in total. The van der Waals surface area contributed by atoms with Gasteiger partial charge < -0.3 is 28.5 Å². The fourth-order valence-corrected chi connectivity index (χ4v) is 3.71. The average Bonchev–Trinajstić information content (AvgIpc) is 3.34. The summed E-state index contributed by atoms with van der Waals surface area (Å²) in [5.41, 5.74) is 2.35. The Hall–Kier alpha value is -4.67. The van der Waals surface area contributed by atoms with Crippen molar-refractivity contribution in [3.63, 3.8) is 0 Å². The molecule has 0 fully saturated rings. The second kappa shape index (κ2) is 12.5. The van der Waals surface area contributed by atoms with Crippen molar-refractivity contribution in [2.45, 2.75) is 33.2 Å². The number of benzene rings is 3. The zero-order chi connectivity index (χ0) is 28.7. The van der Waals surface area contributed by atoms with Crippen molar-refractivity contribution in [2.24, 2.45) is 0 Å². The standard InChI is InChI=1S/C29H26F3NO7/c1-3-14-36-21-8-4-19(5-9-21)27-28(20-6-10-22(11-7-20)40-29(30,31)32)39-25(33-27)16-37-23-12-13-24(18(2)15-23)38-17-26(34)35/h4-13,15H,3,14,16-17H2,1-2H3,(H,34,35). The molecule has 0 bridgehead atoms. The molecule has 0 atom stereocenters. The van der Waals surface area contributed by atoms with E-state index in [-0.39, 0.29) is 18.2 Å². The Morgan fingerprint density at radius 1 is 0.900 bits per heavy atom. The molecule has 210 valence electrons. The van der Waals surface area contributed by atoms with E-state index >= 15 is 0 Å². The number of aryl methyl sites for hydroxylation is 1. The lowest BCUT2D eigenvalue weighted by Gasteiger charge is -2.09. The molecule has 0 spiro atoms. The van der Waals surface area contributed by atoms with Crippen LogP contribution in [-0.2, 0) is 11.4 Å². The van der Waals surface area contributed by atoms with Gasteiger partial charge in [-0.15, -0.1) is 13.2 Å². The summed E-state index contributed by atoms with van der Waals surface area (Å²) in [4.78, 5) is 15.4. The predicted molar refractivity (Wildman–Crippen MR) is 138 cm³/mol. The highest BCUT2D eigenvalue weighted by molar-refractivity contribution is 5.77. The Morgan fingerprint density at radius 3 is 2.17 bits per heavy atom. The van der Waals surface area contributed by atoms with Gasteiger partial charge in [0.25, 0.3) is 0 Å². The van der Waals surface area contributed by atoms with Gasteiger partial charge in [-0.1, -0.05) is 6.92 Å². The van der Waals surface area contributed by atoms with Crippen molar-refractivity contribution < 1.29 is 46.4 Å². The molecule has 0 amide bonds. The molecule has 1 heterocycles. The van der Waals surface area contributed by atoms with E-state index in [9.17, 15) is 18.0 Å². The van der Waals surface area contributed by atoms with E-state index in [2.05, 4.69) is 9.72 Å². The van der Waals surface area contributed by atoms with Crippen LogP contribution < -0.4 is 18.9 Å². The molecule has 0 unspecified atom stereocenters. The van der Waals surface area contributed by atoms with E-state index < -0.39 is 18.9 Å². The minimum atomic E-state index is -4.80. The lowest BCUT2D eigenvalue weighted by atomic mass is 10.1. The monoisotopic (exact) mass is 557 g/mol. The van der Waals surface area contributed by atoms with E-state index in [0.717, 1.165) is 6.42 Å². The summed E-state index contributed by atoms with van der Waals surface area (Å²) in [6.45, 7) is 3.83. The fourth-order valence-electron chi connectivity index (χ4n) is 3.71. The molecule has 3 aromatic carbocycles. The van der Waals surface area contributed by atoms with Crippen LogP contribution in [0.1, 0.15) is 24.8 Å². The van der Waals surface area contributed by atoms with Gasteiger partial charge in [-0.3, -0.25) is 0 Å². The van der Waals surface area contributed by atoms with Crippen LogP contribution >= 0.6 is 0 Å². The van der Waals surface area contributed by atoms with Gasteiger partial charge in [0.2, 0.25) is 5.89 Å². The number of aliphatic carboxylic acids is 1. The molecular formula is C29H26F3NO7. The first-order valence-electron chi connectivity index (χ1n) is 12.3. The average molecular weight is 558 g/mol. The summed E-state index contributed by atoms with van der Waals surface area (Å²) in [5.74, 6) is 0.723. The maximum Gasteiger partial charge on any atom is 0.573 e. The summed E-state index contributed by atoms with van der Waals surface area (Å²) in [6, 6.07) is 17.5. The van der Waals surface area contributed by atoms with E-state index in [4.69, 9.17) is 23.7 Å². The van der Waals surface area contributed by atoms with Crippen LogP contribution in [-0.4, -0.2) is 35.6 Å². The summed E-state index contributed by atoms with van der Waals surface area (Å²) >= 11 is 0. The first kappa shape index (κ1) is 28.3. The molecule has 0 aliphatic heterocycles. The number of aromatic nitrogens is 1. The normalized spacial score (nSPS) is 11.2. The minimum absolute atomic E-state index is 0.0469. The predicted octanol–water partition coefficient (Wildman–Crippen LogP) is 7.05. The Bertz CT molecular complexity index is 1430. The van der Waals surface area contributed by atoms with Crippen LogP contribution in [0.25, 0.3) is 22.6 Å². The third kappa shape index (κ3) is 7.68. The van der Waals surface area contributed by atoms with Gasteiger partial charge in [0, 0.05) is 11.1 Å². The van der Waals surface area contributed by atoms with E-state index in [1.54, 1.807) is 37.3 Å². The number of oxazole rings is 1. The molecule has 1 aromatic heterocycles. The summed E-state index contributed by atoms with van der Waals surface area (Å²) < 4.78 is 64.5. The zero-order valence-electron chi connectivity index (χ0n) is 21.7. The first-order chi connectivity index (χ1) is 19.1. The van der Waals surface area contributed by atoms with E-state index in [0.29, 0.717) is 52.0 Å². The number of nitrogens with zero attached hydrogens (tertiary/aromatic N) is 1. The highest BCUT2D eigenvalue weighted by atomic mass is 19.4. The number of halogens is 3. The number of carboxylic acids is 1. The summed E-state index contributed by atoms with van der Waals surface area (Å²) in [7, 11) is 0. The van der Waals surface area contributed by atoms with E-state index in [1.807, 2.05) is 19.1 Å². The number of carboxylic acid groups (broad SMARTS) is 1. The molecule has 8 nitrogen and oxygen atoms in total. The second-order valence-electron chi connectivity index (χ2n) is 8.63. The van der Waals surface area contributed by atoms with Crippen LogP contribution in [0.4, 0.5) is 13.2 Å². The van der Waals surface area contributed by atoms with Crippen LogP contribution in [0.3, 0.4) is 0 Å². The van der Waals surface area contributed by atoms with Crippen molar-refractivity contribution in [1.82, 2.24) is 4.98 Å². The lowest BCUT2D eigenvalue weighted by Crippen LogP contribution is -2.16. The van der Waals surface area contributed by atoms with Crippen molar-refractivity contribution in [1.29, 1.82) is 0 Å². The first-order valence-corrected chi connectivity index (χ1v) is 12.3. The van der Waals surface area contributed by atoms with Crippen molar-refractivity contribution in [2.75, 3.05) is 13.2 Å². The Kier molecular flexibility index (Phi) is 8.83. The lowest BCUT2D eigenvalue weighted by molar-refractivity contribution is -0.274. The summed E-state index contributed by atoms with van der Waals surface area (Å²) in [5, 5.41) is 8.80. The number of alkyl halides is 3. The number of rotatable bonds is 12. The van der Waals surface area contributed by atoms with Crippen LogP contribution in [0.2, 0.25) is 0 Å². The van der Waals surface area contributed by atoms with Crippen LogP contribution in [0.5, 0.6) is 23.0 Å². The van der Waals surface area contributed by atoms with Gasteiger partial charge in [0.05, 0.1) is 6.61 Å². The zero-order valence-corrected chi connectivity index (χ0v) is 21.7. The van der Waals surface area contributed by atoms with Crippen LogP contribution in [0.15, 0.2) is 71.1 Å². The molecule has 11 heteroatoms. The molecule has 0 aliphatic rings. The second-order valence-corrected chi connectivity index (χ2v) is 8.63. The molecule has 0 aliphatic carbocycles. The third-order valence-electron chi connectivity index (χ3n) is 5.48. The Labute approximate surface area is 227 Å². The highest BCUT2D eigenvalue weighted by Gasteiger charge is 2.31. The molecule has 4 aromatic rings. The van der Waals surface area contributed by atoms with Gasteiger partial charge in [-0.05, 0) is 85.6 Å². The smallest absolute Gasteiger partial charge is 0.494 e. The largest absolute Gasteiger partial charge is 0.573 e.